The van der Waals surface area contributed by atoms with E-state index in [9.17, 15) is 0 Å². The third-order valence-electron chi connectivity index (χ3n) is 3.75. The summed E-state index contributed by atoms with van der Waals surface area (Å²) in [5, 5.41) is 7.89. The summed E-state index contributed by atoms with van der Waals surface area (Å²) in [5.74, 6) is 1.99. The number of aromatic nitrogens is 2. The summed E-state index contributed by atoms with van der Waals surface area (Å²) in [4.78, 5) is 9.54. The highest BCUT2D eigenvalue weighted by atomic mass is 16.6. The molecule has 26 heavy (non-hydrogen) atoms. The summed E-state index contributed by atoms with van der Waals surface area (Å²) in [6.07, 6.45) is 1.65. The van der Waals surface area contributed by atoms with Gasteiger partial charge in [0.05, 0.1) is 20.4 Å². The molecular weight excluding hydrogens is 334 g/mol. The van der Waals surface area contributed by atoms with Crippen LogP contribution in [0.25, 0.3) is 11.4 Å². The molecule has 0 radical (unpaired) electrons. The molecule has 0 amide bonds. The lowest BCUT2D eigenvalue weighted by atomic mass is 10.1. The van der Waals surface area contributed by atoms with Gasteiger partial charge in [-0.05, 0) is 36.2 Å². The van der Waals surface area contributed by atoms with Crippen LogP contribution in [0.4, 0.5) is 0 Å². The third-order valence-corrected chi connectivity index (χ3v) is 3.75. The number of oxime groups is 1. The highest BCUT2D eigenvalue weighted by Crippen LogP contribution is 2.31. The maximum absolute atomic E-state index is 5.28. The van der Waals surface area contributed by atoms with Gasteiger partial charge in [0, 0.05) is 5.56 Å². The van der Waals surface area contributed by atoms with E-state index in [-0.39, 0.29) is 6.61 Å². The molecule has 134 valence electrons. The summed E-state index contributed by atoms with van der Waals surface area (Å²) < 4.78 is 15.7. The molecule has 0 aliphatic heterocycles. The minimum absolute atomic E-state index is 0.0860. The Kier molecular flexibility index (Phi) is 5.48. The molecule has 0 N–H and O–H groups in total. The van der Waals surface area contributed by atoms with Crippen molar-refractivity contribution in [3.8, 4) is 22.9 Å². The molecule has 0 fully saturated rings. The van der Waals surface area contributed by atoms with Crippen molar-refractivity contribution in [1.82, 2.24) is 10.1 Å². The van der Waals surface area contributed by atoms with E-state index in [4.69, 9.17) is 18.8 Å². The molecule has 1 aromatic heterocycles. The Labute approximate surface area is 151 Å². The van der Waals surface area contributed by atoms with Crippen molar-refractivity contribution in [2.45, 2.75) is 13.5 Å². The molecule has 0 atom stereocenters. The maximum atomic E-state index is 5.28. The monoisotopic (exact) mass is 353 g/mol. The molecule has 0 spiro atoms. The zero-order valence-electron chi connectivity index (χ0n) is 14.8. The van der Waals surface area contributed by atoms with Gasteiger partial charge in [0.2, 0.25) is 5.82 Å². The van der Waals surface area contributed by atoms with Crippen molar-refractivity contribution in [2.24, 2.45) is 5.16 Å². The molecule has 0 saturated heterocycles. The number of ether oxygens (including phenoxy) is 2. The third kappa shape index (κ3) is 4.00. The summed E-state index contributed by atoms with van der Waals surface area (Å²) in [7, 11) is 3.16. The van der Waals surface area contributed by atoms with Crippen molar-refractivity contribution >= 4 is 6.21 Å². The van der Waals surface area contributed by atoms with E-state index in [0.29, 0.717) is 23.2 Å². The van der Waals surface area contributed by atoms with Crippen molar-refractivity contribution in [3.63, 3.8) is 0 Å². The number of nitrogens with zero attached hydrogens (tertiary/aromatic N) is 3. The zero-order chi connectivity index (χ0) is 18.4. The van der Waals surface area contributed by atoms with Gasteiger partial charge in [0.25, 0.3) is 5.89 Å². The molecule has 3 rings (SSSR count). The second-order valence-corrected chi connectivity index (χ2v) is 5.45. The van der Waals surface area contributed by atoms with E-state index in [2.05, 4.69) is 15.3 Å². The molecule has 7 heteroatoms. The quantitative estimate of drug-likeness (QED) is 0.477. The van der Waals surface area contributed by atoms with Crippen LogP contribution in [0.1, 0.15) is 17.0 Å². The van der Waals surface area contributed by atoms with Gasteiger partial charge in [-0.25, -0.2) is 0 Å². The second-order valence-electron chi connectivity index (χ2n) is 5.45. The Morgan fingerprint density at radius 1 is 1.08 bits per heavy atom. The van der Waals surface area contributed by atoms with E-state index in [1.807, 2.05) is 37.3 Å². The van der Waals surface area contributed by atoms with Crippen LogP contribution in [0.2, 0.25) is 0 Å². The first-order valence-electron chi connectivity index (χ1n) is 7.97. The maximum Gasteiger partial charge on any atom is 0.267 e. The lowest BCUT2D eigenvalue weighted by Crippen LogP contribution is -1.92. The Morgan fingerprint density at radius 3 is 2.65 bits per heavy atom. The van der Waals surface area contributed by atoms with E-state index < -0.39 is 0 Å². The van der Waals surface area contributed by atoms with Crippen LogP contribution in [0.5, 0.6) is 11.5 Å². The fourth-order valence-corrected chi connectivity index (χ4v) is 2.32. The van der Waals surface area contributed by atoms with Crippen LogP contribution < -0.4 is 9.47 Å². The first-order chi connectivity index (χ1) is 12.7. The summed E-state index contributed by atoms with van der Waals surface area (Å²) >= 11 is 0. The Balaban J connectivity index is 1.64. The van der Waals surface area contributed by atoms with Crippen molar-refractivity contribution in [2.75, 3.05) is 14.2 Å². The first-order valence-corrected chi connectivity index (χ1v) is 7.97. The Bertz CT molecular complexity index is 905. The fraction of sp³-hybridized carbons (Fsp3) is 0.211. The molecule has 3 aromatic rings. The summed E-state index contributed by atoms with van der Waals surface area (Å²) in [6.45, 7) is 2.09. The SMILES string of the molecule is COc1ccc(-c2noc(CO/N=C\c3ccccc3C)n2)cc1OC. The van der Waals surface area contributed by atoms with Gasteiger partial charge in [-0.1, -0.05) is 34.6 Å². The van der Waals surface area contributed by atoms with Crippen molar-refractivity contribution in [3.05, 3.63) is 59.5 Å². The Hall–Kier alpha value is -3.35. The number of hydrogen-bond acceptors (Lipinski definition) is 7. The molecule has 0 aliphatic rings. The van der Waals surface area contributed by atoms with Crippen LogP contribution >= 0.6 is 0 Å². The summed E-state index contributed by atoms with van der Waals surface area (Å²) in [5.41, 5.74) is 2.86. The van der Waals surface area contributed by atoms with Gasteiger partial charge in [-0.3, -0.25) is 0 Å². The molecular formula is C19H19N3O4. The van der Waals surface area contributed by atoms with E-state index in [0.717, 1.165) is 16.7 Å². The largest absolute Gasteiger partial charge is 0.493 e. The van der Waals surface area contributed by atoms with Gasteiger partial charge >= 0.3 is 0 Å². The van der Waals surface area contributed by atoms with E-state index in [1.54, 1.807) is 32.6 Å². The van der Waals surface area contributed by atoms with Gasteiger partial charge in [0.15, 0.2) is 18.1 Å². The van der Waals surface area contributed by atoms with Gasteiger partial charge in [-0.2, -0.15) is 4.98 Å². The van der Waals surface area contributed by atoms with E-state index in [1.165, 1.54) is 0 Å². The van der Waals surface area contributed by atoms with Crippen LogP contribution in [-0.2, 0) is 11.4 Å². The normalized spacial score (nSPS) is 10.9. The Morgan fingerprint density at radius 2 is 1.88 bits per heavy atom. The van der Waals surface area contributed by atoms with Gasteiger partial charge in [0.1, 0.15) is 0 Å². The zero-order valence-corrected chi connectivity index (χ0v) is 14.8. The lowest BCUT2D eigenvalue weighted by Gasteiger charge is -2.07. The highest BCUT2D eigenvalue weighted by molar-refractivity contribution is 5.81. The predicted molar refractivity (Wildman–Crippen MR) is 96.4 cm³/mol. The van der Waals surface area contributed by atoms with Crippen molar-refractivity contribution in [1.29, 1.82) is 0 Å². The number of methoxy groups -OCH3 is 2. The average molecular weight is 353 g/mol. The van der Waals surface area contributed by atoms with Crippen LogP contribution in [0, 0.1) is 6.92 Å². The van der Waals surface area contributed by atoms with Gasteiger partial charge < -0.3 is 18.8 Å². The number of rotatable bonds is 7. The van der Waals surface area contributed by atoms with Crippen LogP contribution in [0.15, 0.2) is 52.1 Å². The molecule has 0 saturated carbocycles. The summed E-state index contributed by atoms with van der Waals surface area (Å²) in [6, 6.07) is 13.3. The number of benzene rings is 2. The minimum Gasteiger partial charge on any atom is -0.493 e. The number of aryl methyl sites for hydroxylation is 1. The fourth-order valence-electron chi connectivity index (χ4n) is 2.32. The highest BCUT2D eigenvalue weighted by Gasteiger charge is 2.12. The van der Waals surface area contributed by atoms with Gasteiger partial charge in [-0.15, -0.1) is 0 Å². The second kappa shape index (κ2) is 8.15. The molecule has 0 aliphatic carbocycles. The number of hydrogen-bond donors (Lipinski definition) is 0. The molecule has 0 unspecified atom stereocenters. The average Bonchev–Trinajstić information content (AvgIpc) is 3.15. The molecule has 1 heterocycles. The topological polar surface area (TPSA) is 79.0 Å². The lowest BCUT2D eigenvalue weighted by molar-refractivity contribution is 0.107. The molecule has 2 aromatic carbocycles. The predicted octanol–water partition coefficient (Wildman–Crippen LogP) is 3.61. The molecule has 0 bridgehead atoms. The molecule has 7 nitrogen and oxygen atoms in total. The van der Waals surface area contributed by atoms with Crippen LogP contribution in [0.3, 0.4) is 0 Å². The standard InChI is InChI=1S/C19H19N3O4/c1-13-6-4-5-7-15(13)11-20-25-12-18-21-19(22-26-18)14-8-9-16(23-2)17(10-14)24-3/h4-11H,12H2,1-3H3/b20-11-. The van der Waals surface area contributed by atoms with E-state index >= 15 is 0 Å². The van der Waals surface area contributed by atoms with Crippen molar-refractivity contribution < 1.29 is 18.8 Å². The smallest absolute Gasteiger partial charge is 0.267 e. The first kappa shape index (κ1) is 17.5. The van der Waals surface area contributed by atoms with Crippen LogP contribution in [-0.4, -0.2) is 30.6 Å². The minimum atomic E-state index is 0.0860.